The van der Waals surface area contributed by atoms with E-state index in [0.717, 1.165) is 77.0 Å². The maximum absolute atomic E-state index is 14.3. The largest absolute Gasteiger partial charge is 0.472 e. The summed E-state index contributed by atoms with van der Waals surface area (Å²) in [5.74, 6) is -1.42. The predicted octanol–water partition coefficient (Wildman–Crippen LogP) is 1.53. The van der Waals surface area contributed by atoms with Gasteiger partial charge in [-0.05, 0) is 38.5 Å². The first kappa shape index (κ1) is 80.2. The number of phosphoric acid groups is 1. The molecule has 3 heterocycles. The van der Waals surface area contributed by atoms with Crippen molar-refractivity contribution in [3.8, 4) is 0 Å². The molecule has 4 aliphatic rings. The van der Waals surface area contributed by atoms with Crippen LogP contribution in [0.2, 0.25) is 0 Å². The summed E-state index contributed by atoms with van der Waals surface area (Å²) < 4.78 is 69.8. The van der Waals surface area contributed by atoms with Crippen molar-refractivity contribution in [1.29, 1.82) is 0 Å². The molecule has 0 spiro atoms. The summed E-state index contributed by atoms with van der Waals surface area (Å²) in [5, 5.41) is 150. The lowest BCUT2D eigenvalue weighted by Crippen LogP contribution is -2.69. The number of hydrogen-bond donors (Lipinski definition) is 15. The van der Waals surface area contributed by atoms with Gasteiger partial charge in [0.15, 0.2) is 25.0 Å². The smallest absolute Gasteiger partial charge is 0.462 e. The molecule has 0 radical (unpaired) electrons. The first-order valence-electron chi connectivity index (χ1n) is 32.7. The number of aliphatic hydroxyl groups excluding tert-OH is 14. The van der Waals surface area contributed by atoms with Crippen LogP contribution < -0.4 is 0 Å². The average Bonchev–Trinajstić information content (AvgIpc) is 0.869. The molecule has 90 heavy (non-hydrogen) atoms. The van der Waals surface area contributed by atoms with Crippen LogP contribution in [-0.4, -0.2) is 256 Å². The first-order valence-corrected chi connectivity index (χ1v) is 34.2. The summed E-state index contributed by atoms with van der Waals surface area (Å²) in [6, 6.07) is 0. The molecule has 1 saturated carbocycles. The minimum Gasteiger partial charge on any atom is -0.462 e. The number of rotatable bonds is 45. The molecule has 29 heteroatoms. The number of allylic oxidation sites excluding steroid dienone is 4. The fourth-order valence-electron chi connectivity index (χ4n) is 11.0. The maximum Gasteiger partial charge on any atom is 0.472 e. The average molecular weight is 1320 g/mol. The van der Waals surface area contributed by atoms with Gasteiger partial charge >= 0.3 is 19.8 Å². The molecule has 1 aliphatic carbocycles. The summed E-state index contributed by atoms with van der Waals surface area (Å²) in [6.07, 6.45) is -12.5. The Morgan fingerprint density at radius 3 is 1.34 bits per heavy atom. The minimum absolute atomic E-state index is 0.0179. The molecule has 0 aromatic rings. The molecule has 0 bridgehead atoms. The van der Waals surface area contributed by atoms with Gasteiger partial charge in [-0.25, -0.2) is 4.57 Å². The fourth-order valence-corrected chi connectivity index (χ4v) is 12.0. The Hall–Kier alpha value is -2.27. The highest BCUT2D eigenvalue weighted by atomic mass is 31.2. The lowest BCUT2D eigenvalue weighted by molar-refractivity contribution is -0.364. The molecule has 4 fully saturated rings. The zero-order valence-corrected chi connectivity index (χ0v) is 53.3. The molecule has 10 unspecified atom stereocenters. The van der Waals surface area contributed by atoms with Crippen LogP contribution in [0.25, 0.3) is 0 Å². The van der Waals surface area contributed by atoms with Crippen LogP contribution in [0.1, 0.15) is 181 Å². The Kier molecular flexibility index (Phi) is 39.0. The number of aliphatic hydroxyl groups is 14. The zero-order valence-electron chi connectivity index (χ0n) is 52.4. The summed E-state index contributed by atoms with van der Waals surface area (Å²) in [7, 11) is -5.75. The first-order chi connectivity index (χ1) is 43.1. The SMILES string of the molecule is CCC/C=C\C/C=C\CCCCCCCC(=O)O[C@H](COC(=O)CCCCCCCCCCCCCCCCC)COP(=O)(O)O[C@@H]1C(O[C@@H]2OC(CO[C@@H]3OC(CO)[C@H](O)C(O)[C@@H]3O)[C@H](O)C(O)[C@@H]2O)C(O)[C@@H](O)C(O)[C@H]1O[C@H]1OC(CO)[C@@H](O)C(O)[C@H]1O. The van der Waals surface area contributed by atoms with Crippen LogP contribution in [0.3, 0.4) is 0 Å². The van der Waals surface area contributed by atoms with Crippen molar-refractivity contribution < 1.29 is 137 Å². The summed E-state index contributed by atoms with van der Waals surface area (Å²) in [4.78, 5) is 37.9. The Bertz CT molecular complexity index is 2040. The number of carbonyl (C=O) groups excluding carboxylic acids is 2. The lowest BCUT2D eigenvalue weighted by Gasteiger charge is -2.49. The van der Waals surface area contributed by atoms with E-state index < -0.39 is 188 Å². The molecule has 28 nitrogen and oxygen atoms in total. The van der Waals surface area contributed by atoms with Crippen LogP contribution in [-0.2, 0) is 61.1 Å². The van der Waals surface area contributed by atoms with E-state index in [-0.39, 0.29) is 12.8 Å². The van der Waals surface area contributed by atoms with E-state index in [1.54, 1.807) is 0 Å². The van der Waals surface area contributed by atoms with Crippen LogP contribution >= 0.6 is 7.82 Å². The van der Waals surface area contributed by atoms with Crippen molar-refractivity contribution in [3.05, 3.63) is 24.3 Å². The maximum atomic E-state index is 14.3. The number of hydrogen-bond acceptors (Lipinski definition) is 27. The molecule has 15 N–H and O–H groups in total. The molecule has 0 aromatic carbocycles. The second-order valence-corrected chi connectivity index (χ2v) is 25.4. The number of phosphoric ester groups is 1. The van der Waals surface area contributed by atoms with Crippen molar-refractivity contribution in [2.24, 2.45) is 0 Å². The molecule has 23 atom stereocenters. The summed E-state index contributed by atoms with van der Waals surface area (Å²) in [6.45, 7) is -0.0215. The van der Waals surface area contributed by atoms with E-state index in [1.807, 2.05) is 0 Å². The Morgan fingerprint density at radius 1 is 0.444 bits per heavy atom. The van der Waals surface area contributed by atoms with Crippen LogP contribution in [0.5, 0.6) is 0 Å². The monoisotopic (exact) mass is 1320 g/mol. The van der Waals surface area contributed by atoms with Gasteiger partial charge in [0.2, 0.25) is 0 Å². The molecular formula is C61H109O28P. The zero-order chi connectivity index (χ0) is 66.2. The Balaban J connectivity index is 1.49. The lowest BCUT2D eigenvalue weighted by atomic mass is 9.84. The second kappa shape index (κ2) is 43.7. The van der Waals surface area contributed by atoms with E-state index >= 15 is 0 Å². The van der Waals surface area contributed by atoms with Crippen LogP contribution in [0.15, 0.2) is 24.3 Å². The van der Waals surface area contributed by atoms with Gasteiger partial charge < -0.3 is 114 Å². The van der Waals surface area contributed by atoms with E-state index in [0.29, 0.717) is 19.3 Å². The van der Waals surface area contributed by atoms with Gasteiger partial charge in [0.25, 0.3) is 0 Å². The van der Waals surface area contributed by atoms with E-state index in [1.165, 1.54) is 57.8 Å². The van der Waals surface area contributed by atoms with Gasteiger partial charge in [0, 0.05) is 12.8 Å². The number of unbranched alkanes of at least 4 members (excludes halogenated alkanes) is 20. The Labute approximate surface area is 528 Å². The van der Waals surface area contributed by atoms with Gasteiger partial charge in [-0.3, -0.25) is 18.6 Å². The third-order valence-corrected chi connectivity index (χ3v) is 17.6. The predicted molar refractivity (Wildman–Crippen MR) is 319 cm³/mol. The standard InChI is InChI=1S/C61H109O28P/c1-3-5-7-9-11-13-15-17-18-20-21-23-25-27-29-31-42(64)80-35-38(83-43(65)32-30-28-26-24-22-19-16-14-12-10-8-6-4-2)36-82-90(78,79)89-58-56(87-60-54(76)48(70)45(67)40(34-63)85-60)51(73)50(72)52(74)57(58)88-61-55(77)49(71)46(68)41(86-61)37-81-59-53(75)47(69)44(66)39(33-62)84-59/h8,10,14,16,38-41,44-63,66-77H,3-7,9,11-13,15,17-37H2,1-2H3,(H,78,79)/b10-8-,16-14-/t38-,39?,40?,41?,44+,45-,46+,47?,48?,49?,50+,51?,52?,53+,54-,55+,56-,57?,58+,59-,60-,61+/m1/s1. The van der Waals surface area contributed by atoms with Gasteiger partial charge in [0.1, 0.15) is 116 Å². The molecule has 3 aliphatic heterocycles. The van der Waals surface area contributed by atoms with Crippen molar-refractivity contribution in [2.45, 2.75) is 316 Å². The molecule has 526 valence electrons. The van der Waals surface area contributed by atoms with E-state index in [4.69, 9.17) is 46.9 Å². The topological polar surface area (TPSA) is 447 Å². The van der Waals surface area contributed by atoms with Crippen molar-refractivity contribution in [2.75, 3.05) is 33.0 Å². The number of ether oxygens (including phenoxy) is 8. The fraction of sp³-hybridized carbons (Fsp3) is 0.902. The highest BCUT2D eigenvalue weighted by Gasteiger charge is 2.58. The molecule has 0 amide bonds. The van der Waals surface area contributed by atoms with Gasteiger partial charge in [-0.1, -0.05) is 154 Å². The quantitative estimate of drug-likeness (QED) is 0.0178. The number of esters is 2. The van der Waals surface area contributed by atoms with E-state index in [2.05, 4.69) is 38.2 Å². The van der Waals surface area contributed by atoms with Crippen LogP contribution in [0.4, 0.5) is 0 Å². The molecule has 0 aromatic heterocycles. The van der Waals surface area contributed by atoms with Crippen LogP contribution in [0, 0.1) is 0 Å². The summed E-state index contributed by atoms with van der Waals surface area (Å²) >= 11 is 0. The Morgan fingerprint density at radius 2 is 0.856 bits per heavy atom. The highest BCUT2D eigenvalue weighted by molar-refractivity contribution is 7.47. The van der Waals surface area contributed by atoms with Crippen molar-refractivity contribution in [3.63, 3.8) is 0 Å². The minimum atomic E-state index is -5.75. The third-order valence-electron chi connectivity index (χ3n) is 16.6. The molecule has 3 saturated heterocycles. The number of carbonyl (C=O) groups is 2. The van der Waals surface area contributed by atoms with Gasteiger partial charge in [-0.2, -0.15) is 0 Å². The van der Waals surface area contributed by atoms with Gasteiger partial charge in [-0.15, -0.1) is 0 Å². The summed E-state index contributed by atoms with van der Waals surface area (Å²) in [5.41, 5.74) is 0. The van der Waals surface area contributed by atoms with Gasteiger partial charge in [0.05, 0.1) is 26.4 Å². The van der Waals surface area contributed by atoms with Crippen molar-refractivity contribution >= 4 is 19.8 Å². The normalized spacial score (nSPS) is 34.4. The highest BCUT2D eigenvalue weighted by Crippen LogP contribution is 2.49. The van der Waals surface area contributed by atoms with Crippen molar-refractivity contribution in [1.82, 2.24) is 0 Å². The third kappa shape index (κ3) is 27.1. The van der Waals surface area contributed by atoms with E-state index in [9.17, 15) is 90.5 Å². The molecular weight excluding hydrogens is 1210 g/mol. The molecule has 4 rings (SSSR count). The second-order valence-electron chi connectivity index (χ2n) is 24.0.